The van der Waals surface area contributed by atoms with Crippen molar-refractivity contribution >= 4 is 17.5 Å². The predicted octanol–water partition coefficient (Wildman–Crippen LogP) is 4.57. The van der Waals surface area contributed by atoms with Crippen molar-refractivity contribution in [3.63, 3.8) is 0 Å². The Kier molecular flexibility index (Phi) is 6.68. The lowest BCUT2D eigenvalue weighted by Gasteiger charge is -2.33. The normalized spacial score (nSPS) is 16.9. The average Bonchev–Trinajstić information content (AvgIpc) is 3.23. The van der Waals surface area contributed by atoms with E-state index in [4.69, 9.17) is 16.1 Å². The summed E-state index contributed by atoms with van der Waals surface area (Å²) in [5.41, 5.74) is 3.12. The van der Waals surface area contributed by atoms with E-state index in [-0.39, 0.29) is 11.8 Å². The summed E-state index contributed by atoms with van der Waals surface area (Å²) in [6, 6.07) is 15.8. The molecule has 2 aromatic carbocycles. The summed E-state index contributed by atoms with van der Waals surface area (Å²) in [4.78, 5) is 21.6. The second-order valence-corrected chi connectivity index (χ2v) is 8.65. The molecule has 1 aliphatic heterocycles. The summed E-state index contributed by atoms with van der Waals surface area (Å²) in [5.74, 6) is 1.20. The van der Waals surface area contributed by atoms with Crippen LogP contribution in [0.4, 0.5) is 0 Å². The maximum atomic E-state index is 13.0. The number of carbonyl (C=O) groups is 1. The molecule has 1 amide bonds. The van der Waals surface area contributed by atoms with E-state index in [0.29, 0.717) is 36.4 Å². The Morgan fingerprint density at radius 2 is 2.00 bits per heavy atom. The highest BCUT2D eigenvalue weighted by molar-refractivity contribution is 6.33. The molecule has 0 aliphatic carbocycles. The van der Waals surface area contributed by atoms with Crippen molar-refractivity contribution in [2.45, 2.75) is 32.9 Å². The number of amides is 1. The van der Waals surface area contributed by atoms with E-state index in [2.05, 4.69) is 46.2 Å². The summed E-state index contributed by atoms with van der Waals surface area (Å²) in [6.07, 6.45) is 1.88. The zero-order chi connectivity index (χ0) is 21.8. The molecule has 4 rings (SSSR count). The molecular formula is C24H27ClN4O2. The van der Waals surface area contributed by atoms with Gasteiger partial charge in [-0.2, -0.15) is 4.98 Å². The van der Waals surface area contributed by atoms with Gasteiger partial charge in [0, 0.05) is 25.7 Å². The number of hydrogen-bond donors (Lipinski definition) is 0. The number of aromatic nitrogens is 2. The van der Waals surface area contributed by atoms with Gasteiger partial charge in [0.25, 0.3) is 0 Å². The predicted molar refractivity (Wildman–Crippen MR) is 120 cm³/mol. The van der Waals surface area contributed by atoms with Gasteiger partial charge in [0.15, 0.2) is 0 Å². The minimum Gasteiger partial charge on any atom is -0.341 e. The Hall–Kier alpha value is -2.70. The van der Waals surface area contributed by atoms with Crippen LogP contribution in [-0.4, -0.2) is 46.0 Å². The third kappa shape index (κ3) is 5.32. The van der Waals surface area contributed by atoms with Crippen LogP contribution in [0.25, 0.3) is 11.4 Å². The number of halogens is 1. The van der Waals surface area contributed by atoms with Gasteiger partial charge in [-0.3, -0.25) is 9.69 Å². The van der Waals surface area contributed by atoms with E-state index in [1.165, 1.54) is 5.56 Å². The van der Waals surface area contributed by atoms with Crippen LogP contribution < -0.4 is 0 Å². The van der Waals surface area contributed by atoms with Gasteiger partial charge in [0.1, 0.15) is 0 Å². The summed E-state index contributed by atoms with van der Waals surface area (Å²) in [5, 5.41) is 4.67. The lowest BCUT2D eigenvalue weighted by Crippen LogP contribution is -2.43. The van der Waals surface area contributed by atoms with Crippen molar-refractivity contribution in [3.05, 3.63) is 70.6 Å². The number of nitrogens with zero attached hydrogens (tertiary/aromatic N) is 4. The fourth-order valence-electron chi connectivity index (χ4n) is 4.02. The van der Waals surface area contributed by atoms with Crippen molar-refractivity contribution in [1.29, 1.82) is 0 Å². The lowest BCUT2D eigenvalue weighted by molar-refractivity contribution is -0.136. The van der Waals surface area contributed by atoms with Gasteiger partial charge in [-0.05, 0) is 44.0 Å². The van der Waals surface area contributed by atoms with Crippen LogP contribution in [0.15, 0.2) is 53.1 Å². The molecule has 162 valence electrons. The minimum atomic E-state index is -0.0184. The van der Waals surface area contributed by atoms with Crippen molar-refractivity contribution in [3.8, 4) is 11.4 Å². The Morgan fingerprint density at radius 3 is 2.77 bits per heavy atom. The molecule has 1 atom stereocenters. The van der Waals surface area contributed by atoms with Gasteiger partial charge in [-0.1, -0.05) is 58.7 Å². The van der Waals surface area contributed by atoms with Crippen LogP contribution >= 0.6 is 11.6 Å². The first kappa shape index (κ1) is 21.5. The molecule has 1 aliphatic rings. The smallest absolute Gasteiger partial charge is 0.241 e. The Balaban J connectivity index is 1.36. The van der Waals surface area contributed by atoms with Crippen molar-refractivity contribution in [1.82, 2.24) is 19.9 Å². The van der Waals surface area contributed by atoms with Crippen LogP contribution in [0, 0.1) is 12.8 Å². The topological polar surface area (TPSA) is 62.5 Å². The van der Waals surface area contributed by atoms with E-state index in [1.807, 2.05) is 30.1 Å². The summed E-state index contributed by atoms with van der Waals surface area (Å²) < 4.78 is 5.45. The molecule has 7 heteroatoms. The highest BCUT2D eigenvalue weighted by Gasteiger charge is 2.29. The fourth-order valence-corrected chi connectivity index (χ4v) is 4.24. The first-order valence-corrected chi connectivity index (χ1v) is 11.0. The van der Waals surface area contributed by atoms with E-state index in [0.717, 1.165) is 30.5 Å². The molecule has 6 nitrogen and oxygen atoms in total. The zero-order valence-corrected chi connectivity index (χ0v) is 18.7. The Labute approximate surface area is 187 Å². The van der Waals surface area contributed by atoms with E-state index in [9.17, 15) is 4.79 Å². The van der Waals surface area contributed by atoms with Crippen molar-refractivity contribution < 1.29 is 9.32 Å². The van der Waals surface area contributed by atoms with Crippen molar-refractivity contribution in [2.24, 2.45) is 5.92 Å². The number of piperidine rings is 1. The summed E-state index contributed by atoms with van der Waals surface area (Å²) >= 11 is 6.23. The Morgan fingerprint density at radius 1 is 1.23 bits per heavy atom. The monoisotopic (exact) mass is 438 g/mol. The van der Waals surface area contributed by atoms with Crippen LogP contribution in [-0.2, 0) is 17.9 Å². The number of hydrogen-bond acceptors (Lipinski definition) is 5. The maximum Gasteiger partial charge on any atom is 0.241 e. The molecule has 1 fully saturated rings. The second kappa shape index (κ2) is 9.62. The van der Waals surface area contributed by atoms with Gasteiger partial charge in [-0.15, -0.1) is 0 Å². The molecule has 31 heavy (non-hydrogen) atoms. The van der Waals surface area contributed by atoms with Gasteiger partial charge >= 0.3 is 0 Å². The number of carbonyl (C=O) groups excluding carboxylic acids is 1. The third-order valence-corrected chi connectivity index (χ3v) is 6.04. The van der Waals surface area contributed by atoms with Crippen LogP contribution in [0.5, 0.6) is 0 Å². The molecule has 3 aromatic rings. The van der Waals surface area contributed by atoms with Crippen LogP contribution in [0.2, 0.25) is 5.02 Å². The van der Waals surface area contributed by atoms with Gasteiger partial charge < -0.3 is 9.42 Å². The van der Waals surface area contributed by atoms with E-state index >= 15 is 0 Å². The van der Waals surface area contributed by atoms with Gasteiger partial charge in [0.05, 0.1) is 17.5 Å². The molecular weight excluding hydrogens is 412 g/mol. The number of likely N-dealkylation sites (tertiary alicyclic amines) is 1. The fraction of sp³-hybridized carbons (Fsp3) is 0.375. The second-order valence-electron chi connectivity index (χ2n) is 8.25. The van der Waals surface area contributed by atoms with E-state index in [1.54, 1.807) is 6.07 Å². The molecule has 0 radical (unpaired) electrons. The molecule has 1 saturated heterocycles. The van der Waals surface area contributed by atoms with Crippen LogP contribution in [0.3, 0.4) is 0 Å². The molecule has 0 saturated carbocycles. The number of rotatable bonds is 6. The highest BCUT2D eigenvalue weighted by Crippen LogP contribution is 2.26. The SMILES string of the molecule is Cc1ccc(CN(C)C(=O)C2CCCN(Cc3nc(-c4ccccc4Cl)no3)C2)cc1. The first-order valence-electron chi connectivity index (χ1n) is 10.6. The largest absolute Gasteiger partial charge is 0.341 e. The third-order valence-electron chi connectivity index (χ3n) is 5.71. The average molecular weight is 439 g/mol. The molecule has 1 unspecified atom stereocenters. The van der Waals surface area contributed by atoms with Crippen molar-refractivity contribution in [2.75, 3.05) is 20.1 Å². The zero-order valence-electron chi connectivity index (χ0n) is 17.9. The summed E-state index contributed by atoms with van der Waals surface area (Å²) in [6.45, 7) is 4.83. The molecule has 0 bridgehead atoms. The first-order chi connectivity index (χ1) is 15.0. The standard InChI is InChI=1S/C24H27ClN4O2/c1-17-9-11-18(12-10-17)14-28(2)24(30)19-6-5-13-29(15-19)16-22-26-23(27-31-22)20-7-3-4-8-21(20)25/h3-4,7-12,19H,5-6,13-16H2,1-2H3. The molecule has 2 heterocycles. The van der Waals surface area contributed by atoms with E-state index < -0.39 is 0 Å². The molecule has 0 N–H and O–H groups in total. The maximum absolute atomic E-state index is 13.0. The lowest BCUT2D eigenvalue weighted by atomic mass is 9.96. The molecule has 0 spiro atoms. The highest BCUT2D eigenvalue weighted by atomic mass is 35.5. The van der Waals surface area contributed by atoms with Crippen LogP contribution in [0.1, 0.15) is 29.9 Å². The van der Waals surface area contributed by atoms with Gasteiger partial charge in [0.2, 0.25) is 17.6 Å². The number of aryl methyl sites for hydroxylation is 1. The quantitative estimate of drug-likeness (QED) is 0.564. The van der Waals surface area contributed by atoms with Gasteiger partial charge in [-0.25, -0.2) is 0 Å². The molecule has 1 aromatic heterocycles. The summed E-state index contributed by atoms with van der Waals surface area (Å²) in [7, 11) is 1.88. The number of benzene rings is 2. The minimum absolute atomic E-state index is 0.0184. The Bertz CT molecular complexity index is 1030.